The highest BCUT2D eigenvalue weighted by molar-refractivity contribution is 7.32. The molecule has 0 heterocycles. The van der Waals surface area contributed by atoms with Gasteiger partial charge in [0.1, 0.15) is 0 Å². The normalized spacial score (nSPS) is 13.5. The van der Waals surface area contributed by atoms with E-state index >= 15 is 0 Å². The molecular formula is C7H14O6P+. The van der Waals surface area contributed by atoms with Gasteiger partial charge in [0, 0.05) is 11.2 Å². The first kappa shape index (κ1) is 13.4. The van der Waals surface area contributed by atoms with E-state index in [1.165, 1.54) is 0 Å². The first-order valence-electron chi connectivity index (χ1n) is 4.22. The molecule has 7 heteroatoms. The first-order valence-corrected chi connectivity index (χ1v) is 5.35. The summed E-state index contributed by atoms with van der Waals surface area (Å²) in [5, 5.41) is 17.6. The summed E-state index contributed by atoms with van der Waals surface area (Å²) in [4.78, 5) is 18.9. The largest absolute Gasteiger partial charge is 0.750 e. The highest BCUT2D eigenvalue weighted by atomic mass is 31.1. The van der Waals surface area contributed by atoms with Gasteiger partial charge in [-0.25, -0.2) is 4.79 Å². The Bertz CT molecular complexity index is 195. The molecule has 0 saturated carbocycles. The predicted octanol–water partition coefficient (Wildman–Crippen LogP) is 0.0929. The molecule has 0 spiro atoms. The van der Waals surface area contributed by atoms with E-state index in [-0.39, 0.29) is 19.4 Å². The van der Waals surface area contributed by atoms with E-state index in [9.17, 15) is 14.5 Å². The standard InChI is InChI=1S/C7H13O6P/c8-5-1-2-6(9)3-4-7(10)13-14(11)12/h6,8-9H,1-5H2/p+1. The summed E-state index contributed by atoms with van der Waals surface area (Å²) in [7, 11) is -2.90. The van der Waals surface area contributed by atoms with Crippen LogP contribution in [0.4, 0.5) is 0 Å². The molecule has 82 valence electrons. The molecule has 2 atom stereocenters. The zero-order valence-electron chi connectivity index (χ0n) is 7.63. The van der Waals surface area contributed by atoms with Gasteiger partial charge < -0.3 is 10.2 Å². The molecule has 0 amide bonds. The fraction of sp³-hybridized carbons (Fsp3) is 0.857. The zero-order chi connectivity index (χ0) is 11.0. The SMILES string of the molecule is O=C(CCC(O)CCCO)O[P+](=O)O. The van der Waals surface area contributed by atoms with Crippen LogP contribution in [0.3, 0.4) is 0 Å². The molecule has 14 heavy (non-hydrogen) atoms. The third-order valence-electron chi connectivity index (χ3n) is 1.56. The Kier molecular flexibility index (Phi) is 7.51. The summed E-state index contributed by atoms with van der Waals surface area (Å²) in [5.74, 6) is -0.809. The van der Waals surface area contributed by atoms with Gasteiger partial charge in [-0.05, 0) is 19.3 Å². The average molecular weight is 225 g/mol. The highest BCUT2D eigenvalue weighted by Crippen LogP contribution is 2.16. The van der Waals surface area contributed by atoms with Crippen molar-refractivity contribution in [1.82, 2.24) is 0 Å². The molecule has 0 radical (unpaired) electrons. The fourth-order valence-electron chi connectivity index (χ4n) is 0.888. The van der Waals surface area contributed by atoms with Crippen LogP contribution >= 0.6 is 8.25 Å². The Hall–Kier alpha value is -0.550. The van der Waals surface area contributed by atoms with Crippen LogP contribution in [0.2, 0.25) is 0 Å². The van der Waals surface area contributed by atoms with Gasteiger partial charge in [-0.3, -0.25) is 0 Å². The highest BCUT2D eigenvalue weighted by Gasteiger charge is 2.20. The van der Waals surface area contributed by atoms with Crippen LogP contribution in [-0.2, 0) is 13.9 Å². The second-order valence-electron chi connectivity index (χ2n) is 2.76. The molecule has 0 fully saturated rings. The summed E-state index contributed by atoms with van der Waals surface area (Å²) in [6, 6.07) is 0. The Morgan fingerprint density at radius 3 is 2.57 bits per heavy atom. The quantitative estimate of drug-likeness (QED) is 0.530. The number of hydrogen-bond acceptors (Lipinski definition) is 5. The monoisotopic (exact) mass is 225 g/mol. The Morgan fingerprint density at radius 2 is 2.07 bits per heavy atom. The van der Waals surface area contributed by atoms with Crippen molar-refractivity contribution in [3.8, 4) is 0 Å². The second kappa shape index (κ2) is 7.82. The van der Waals surface area contributed by atoms with E-state index in [1.54, 1.807) is 0 Å². The molecule has 0 aliphatic heterocycles. The molecule has 0 aromatic heterocycles. The van der Waals surface area contributed by atoms with Gasteiger partial charge in [0.15, 0.2) is 0 Å². The number of carbonyl (C=O) groups is 1. The third-order valence-corrected chi connectivity index (χ3v) is 1.92. The molecule has 2 unspecified atom stereocenters. The van der Waals surface area contributed by atoms with Gasteiger partial charge in [0.25, 0.3) is 0 Å². The first-order chi connectivity index (χ1) is 6.56. The Morgan fingerprint density at radius 1 is 1.43 bits per heavy atom. The van der Waals surface area contributed by atoms with Gasteiger partial charge in [0.2, 0.25) is 0 Å². The second-order valence-corrected chi connectivity index (χ2v) is 3.42. The van der Waals surface area contributed by atoms with Crippen LogP contribution in [0.1, 0.15) is 25.7 Å². The van der Waals surface area contributed by atoms with Crippen molar-refractivity contribution in [3.63, 3.8) is 0 Å². The minimum Gasteiger partial charge on any atom is -0.396 e. The molecule has 0 aromatic rings. The summed E-state index contributed by atoms with van der Waals surface area (Å²) in [6.45, 7) is -0.00991. The molecular weight excluding hydrogens is 211 g/mol. The average Bonchev–Trinajstić information content (AvgIpc) is 2.10. The van der Waals surface area contributed by atoms with Gasteiger partial charge in [0.05, 0.1) is 12.5 Å². The van der Waals surface area contributed by atoms with Crippen molar-refractivity contribution in [2.45, 2.75) is 31.8 Å². The number of aliphatic hydroxyl groups excluding tert-OH is 2. The summed E-state index contributed by atoms with van der Waals surface area (Å²) >= 11 is 0. The van der Waals surface area contributed by atoms with Crippen molar-refractivity contribution in [3.05, 3.63) is 0 Å². The third kappa shape index (κ3) is 8.07. The van der Waals surface area contributed by atoms with Crippen LogP contribution in [0.25, 0.3) is 0 Å². The predicted molar refractivity (Wildman–Crippen MR) is 47.5 cm³/mol. The lowest BCUT2D eigenvalue weighted by Crippen LogP contribution is -2.10. The summed E-state index contributed by atoms with van der Waals surface area (Å²) in [6.07, 6.45) is 0.238. The molecule has 3 N–H and O–H groups in total. The van der Waals surface area contributed by atoms with Gasteiger partial charge in [-0.2, -0.15) is 4.52 Å². The van der Waals surface area contributed by atoms with Crippen LogP contribution in [0.5, 0.6) is 0 Å². The van der Waals surface area contributed by atoms with Gasteiger partial charge in [-0.15, -0.1) is 4.89 Å². The van der Waals surface area contributed by atoms with Gasteiger partial charge >= 0.3 is 14.2 Å². The van der Waals surface area contributed by atoms with Crippen molar-refractivity contribution < 1.29 is 29.0 Å². The fourth-order valence-corrected chi connectivity index (χ4v) is 1.15. The van der Waals surface area contributed by atoms with Crippen LogP contribution in [0.15, 0.2) is 0 Å². The maximum absolute atomic E-state index is 10.7. The number of carbonyl (C=O) groups excluding carboxylic acids is 1. The number of hydrogen-bond donors (Lipinski definition) is 3. The molecule has 6 nitrogen and oxygen atoms in total. The number of aliphatic hydroxyl groups is 2. The van der Waals surface area contributed by atoms with E-state index in [4.69, 9.17) is 10.00 Å². The lowest BCUT2D eigenvalue weighted by molar-refractivity contribution is -0.135. The van der Waals surface area contributed by atoms with Crippen molar-refractivity contribution >= 4 is 14.2 Å². The smallest absolute Gasteiger partial charge is 0.396 e. The molecule has 0 aromatic carbocycles. The Labute approximate surface area is 82.5 Å². The minimum absolute atomic E-state index is 0.00991. The maximum atomic E-state index is 10.7. The van der Waals surface area contributed by atoms with Crippen LogP contribution in [-0.4, -0.2) is 33.8 Å². The van der Waals surface area contributed by atoms with Crippen molar-refractivity contribution in [2.24, 2.45) is 0 Å². The molecule has 0 rings (SSSR count). The molecule has 0 aliphatic rings. The zero-order valence-corrected chi connectivity index (χ0v) is 8.52. The molecule has 0 saturated heterocycles. The minimum atomic E-state index is -2.90. The lowest BCUT2D eigenvalue weighted by Gasteiger charge is -2.06. The van der Waals surface area contributed by atoms with Gasteiger partial charge in [-0.1, -0.05) is 0 Å². The lowest BCUT2D eigenvalue weighted by atomic mass is 10.1. The number of rotatable bonds is 7. The Balaban J connectivity index is 3.50. The summed E-state index contributed by atoms with van der Waals surface area (Å²) in [5.41, 5.74) is 0. The topological polar surface area (TPSA) is 104 Å². The molecule has 0 aliphatic carbocycles. The molecule has 0 bridgehead atoms. The van der Waals surface area contributed by atoms with Crippen molar-refractivity contribution in [2.75, 3.05) is 6.61 Å². The van der Waals surface area contributed by atoms with E-state index in [0.29, 0.717) is 12.8 Å². The van der Waals surface area contributed by atoms with E-state index in [2.05, 4.69) is 4.52 Å². The van der Waals surface area contributed by atoms with Crippen LogP contribution in [0, 0.1) is 0 Å². The van der Waals surface area contributed by atoms with E-state index in [1.807, 2.05) is 0 Å². The van der Waals surface area contributed by atoms with Crippen LogP contribution < -0.4 is 0 Å². The van der Waals surface area contributed by atoms with E-state index < -0.39 is 20.3 Å². The van der Waals surface area contributed by atoms with Crippen molar-refractivity contribution in [1.29, 1.82) is 0 Å². The summed E-state index contributed by atoms with van der Waals surface area (Å²) < 4.78 is 14.0. The van der Waals surface area contributed by atoms with E-state index in [0.717, 1.165) is 0 Å². The maximum Gasteiger partial charge on any atom is 0.750 e.